The largest absolute Gasteiger partial charge is 0.356 e. The maximum atomic E-state index is 14.8. The van der Waals surface area contributed by atoms with Crippen molar-refractivity contribution in [3.63, 3.8) is 0 Å². The van der Waals surface area contributed by atoms with Crippen LogP contribution in [-0.2, 0) is 11.1 Å². The number of nitrogens with zero attached hydrogens (tertiary/aromatic N) is 2. The maximum Gasteiger partial charge on any atom is 0.236 e. The monoisotopic (exact) mass is 535 g/mol. The van der Waals surface area contributed by atoms with Gasteiger partial charge in [-0.2, -0.15) is 4.57 Å². The van der Waals surface area contributed by atoms with E-state index in [9.17, 15) is 4.57 Å². The number of hydrogen-bond acceptors (Lipinski definition) is 2. The van der Waals surface area contributed by atoms with Crippen LogP contribution < -0.4 is 25.4 Å². The molecular formula is C36H28N2OP+. The first-order chi connectivity index (χ1) is 19.7. The third-order valence-corrected chi connectivity index (χ3v) is 11.5. The summed E-state index contributed by atoms with van der Waals surface area (Å²) >= 11 is 0. The minimum absolute atomic E-state index is 0.857. The number of benzene rings is 5. The van der Waals surface area contributed by atoms with Crippen LogP contribution in [0.25, 0.3) is 38.9 Å². The van der Waals surface area contributed by atoms with E-state index in [4.69, 9.17) is 0 Å². The summed E-state index contributed by atoms with van der Waals surface area (Å²) in [4.78, 5) is 2.49. The van der Waals surface area contributed by atoms with E-state index < -0.39 is 7.14 Å². The molecule has 0 saturated heterocycles. The van der Waals surface area contributed by atoms with Gasteiger partial charge in [0.25, 0.3) is 0 Å². The van der Waals surface area contributed by atoms with Gasteiger partial charge >= 0.3 is 0 Å². The van der Waals surface area contributed by atoms with Gasteiger partial charge in [-0.15, -0.1) is 0 Å². The van der Waals surface area contributed by atoms with Gasteiger partial charge in [-0.05, 0) is 40.6 Å². The van der Waals surface area contributed by atoms with E-state index in [1.54, 1.807) is 0 Å². The van der Waals surface area contributed by atoms with E-state index >= 15 is 0 Å². The van der Waals surface area contributed by atoms with Crippen LogP contribution in [0.1, 0.15) is 5.56 Å². The molecule has 0 fully saturated rings. The molecule has 0 spiro atoms. The molecule has 2 aliphatic heterocycles. The summed E-state index contributed by atoms with van der Waals surface area (Å²) in [5.74, 6) is 0. The summed E-state index contributed by atoms with van der Waals surface area (Å²) < 4.78 is 17.3. The number of anilines is 1. The number of hydrogen-bond donors (Lipinski definition) is 0. The van der Waals surface area contributed by atoms with Gasteiger partial charge in [0.1, 0.15) is 5.69 Å². The van der Waals surface area contributed by atoms with Crippen molar-refractivity contribution in [2.45, 2.75) is 6.54 Å². The minimum atomic E-state index is -3.01. The summed E-state index contributed by atoms with van der Waals surface area (Å²) in [5, 5.41) is 6.10. The fraction of sp³-hybridized carbons (Fsp3) is 0.0833. The topological polar surface area (TPSA) is 24.2 Å². The summed E-state index contributed by atoms with van der Waals surface area (Å²) in [6.45, 7) is 3.00. The predicted molar refractivity (Wildman–Crippen MR) is 168 cm³/mol. The molecule has 4 heteroatoms. The van der Waals surface area contributed by atoms with Crippen molar-refractivity contribution in [1.29, 1.82) is 0 Å². The summed E-state index contributed by atoms with van der Waals surface area (Å²) in [7, 11) is -3.01. The molecule has 3 nitrogen and oxygen atoms in total. The van der Waals surface area contributed by atoms with Gasteiger partial charge in [-0.1, -0.05) is 103 Å². The van der Waals surface area contributed by atoms with Gasteiger partial charge in [-0.25, -0.2) is 0 Å². The van der Waals surface area contributed by atoms with Gasteiger partial charge < -0.3 is 9.46 Å². The highest BCUT2D eigenvalue weighted by Gasteiger charge is 2.31. The molecule has 8 rings (SSSR count). The second kappa shape index (κ2) is 9.05. The highest BCUT2D eigenvalue weighted by atomic mass is 31.2. The molecule has 0 atom stereocenters. The van der Waals surface area contributed by atoms with Crippen LogP contribution >= 0.6 is 7.14 Å². The first kappa shape index (κ1) is 23.4. The van der Waals surface area contributed by atoms with Crippen molar-refractivity contribution in [3.8, 4) is 11.1 Å². The molecule has 0 saturated carbocycles. The number of pyridine rings is 1. The van der Waals surface area contributed by atoms with Crippen molar-refractivity contribution in [3.05, 3.63) is 133 Å². The third-order valence-electron chi connectivity index (χ3n) is 8.42. The minimum Gasteiger partial charge on any atom is -0.356 e. The molecule has 2 aliphatic rings. The lowest BCUT2D eigenvalue weighted by Gasteiger charge is -2.30. The van der Waals surface area contributed by atoms with Crippen molar-refractivity contribution in [2.24, 2.45) is 0 Å². The molecule has 0 amide bonds. The molecule has 0 radical (unpaired) electrons. The lowest BCUT2D eigenvalue weighted by atomic mass is 9.97. The van der Waals surface area contributed by atoms with E-state index in [-0.39, 0.29) is 0 Å². The fourth-order valence-corrected chi connectivity index (χ4v) is 9.11. The van der Waals surface area contributed by atoms with Crippen molar-refractivity contribution in [2.75, 3.05) is 18.0 Å². The fourth-order valence-electron chi connectivity index (χ4n) is 6.43. The average Bonchev–Trinajstić information content (AvgIpc) is 3.03. The Morgan fingerprint density at radius 2 is 1.32 bits per heavy atom. The van der Waals surface area contributed by atoms with E-state index in [1.807, 2.05) is 60.7 Å². The van der Waals surface area contributed by atoms with E-state index in [0.29, 0.717) is 0 Å². The molecule has 0 bridgehead atoms. The molecule has 40 heavy (non-hydrogen) atoms. The van der Waals surface area contributed by atoms with Crippen LogP contribution in [0, 0.1) is 0 Å². The van der Waals surface area contributed by atoms with Gasteiger partial charge in [0.15, 0.2) is 19.9 Å². The first-order valence-corrected chi connectivity index (χ1v) is 15.6. The highest BCUT2D eigenvalue weighted by Crippen LogP contribution is 2.43. The van der Waals surface area contributed by atoms with Crippen molar-refractivity contribution < 1.29 is 9.13 Å². The quantitative estimate of drug-likeness (QED) is 0.192. The first-order valence-electron chi connectivity index (χ1n) is 13.9. The second-order valence-corrected chi connectivity index (χ2v) is 13.5. The number of fused-ring (bicyclic) bond motifs is 1. The van der Waals surface area contributed by atoms with Gasteiger partial charge in [0.05, 0.1) is 6.54 Å². The Morgan fingerprint density at radius 3 is 2.10 bits per heavy atom. The van der Waals surface area contributed by atoms with E-state index in [2.05, 4.69) is 82.4 Å². The number of aromatic nitrogens is 1. The number of rotatable bonds is 4. The summed E-state index contributed by atoms with van der Waals surface area (Å²) in [5.41, 5.74) is 6.42. The van der Waals surface area contributed by atoms with Crippen LogP contribution in [0.2, 0.25) is 0 Å². The van der Waals surface area contributed by atoms with Crippen LogP contribution in [0.3, 0.4) is 0 Å². The summed E-state index contributed by atoms with van der Waals surface area (Å²) in [6.07, 6.45) is 6.82. The van der Waals surface area contributed by atoms with E-state index in [0.717, 1.165) is 46.3 Å². The Labute approximate surface area is 234 Å². The molecule has 0 unspecified atom stereocenters. The smallest absolute Gasteiger partial charge is 0.236 e. The lowest BCUT2D eigenvalue weighted by molar-refractivity contribution is -0.669. The predicted octanol–water partition coefficient (Wildman–Crippen LogP) is 6.43. The Bertz CT molecular complexity index is 1970. The van der Waals surface area contributed by atoms with Gasteiger partial charge in [0.2, 0.25) is 5.52 Å². The summed E-state index contributed by atoms with van der Waals surface area (Å²) in [6, 6.07) is 39.5. The van der Waals surface area contributed by atoms with Crippen LogP contribution in [0.15, 0.2) is 128 Å². The van der Waals surface area contributed by atoms with E-state index in [1.165, 1.54) is 33.3 Å². The Balaban J connectivity index is 1.24. The molecule has 192 valence electrons. The molecule has 6 aromatic rings. The molecule has 0 N–H and O–H groups in total. The van der Waals surface area contributed by atoms with Crippen LogP contribution in [0.4, 0.5) is 5.69 Å². The Kier molecular flexibility index (Phi) is 5.30. The molecule has 0 aliphatic carbocycles. The van der Waals surface area contributed by atoms with Crippen LogP contribution in [0.5, 0.6) is 0 Å². The molecule has 1 aromatic heterocycles. The standard InChI is InChI=1S/C36H28N2OP/c39-40(32-9-3-1-4-10-32,33-11-5-2-6-12-33)34-18-17-27-22-28(14-15-29(27)24-34)31-23-30-16-13-26-8-7-19-37-20-21-38(25-31)36(30)35(26)37/h1-18,22-25H,19-21H2/q+1. The highest BCUT2D eigenvalue weighted by molar-refractivity contribution is 7.85. The average molecular weight is 536 g/mol. The maximum absolute atomic E-state index is 14.8. The van der Waals surface area contributed by atoms with Gasteiger partial charge in [0, 0.05) is 39.0 Å². The normalized spacial score (nSPS) is 14.2. The van der Waals surface area contributed by atoms with Crippen molar-refractivity contribution >= 4 is 56.5 Å². The van der Waals surface area contributed by atoms with Crippen molar-refractivity contribution in [1.82, 2.24) is 0 Å². The zero-order valence-corrected chi connectivity index (χ0v) is 23.0. The third kappa shape index (κ3) is 3.58. The Morgan fingerprint density at radius 1 is 0.650 bits per heavy atom. The molecule has 3 heterocycles. The lowest BCUT2D eigenvalue weighted by Crippen LogP contribution is -2.47. The SMILES string of the molecule is O=P(c1ccccc1)(c1ccccc1)c1ccc2cc(-c3cc4ccc5c6c4[n+](c3)CCN6CC=C5)ccc2c1. The molecular weight excluding hydrogens is 507 g/mol. The zero-order chi connectivity index (χ0) is 26.7. The zero-order valence-electron chi connectivity index (χ0n) is 22.1. The Hall–Kier alpha value is -4.46. The second-order valence-electron chi connectivity index (χ2n) is 10.7. The molecule has 5 aromatic carbocycles. The van der Waals surface area contributed by atoms with Gasteiger partial charge in [-0.3, -0.25) is 0 Å². The van der Waals surface area contributed by atoms with Crippen LogP contribution in [-0.4, -0.2) is 13.1 Å².